The molecule has 0 atom stereocenters. The van der Waals surface area contributed by atoms with Crippen LogP contribution in [0.1, 0.15) is 32.1 Å². The van der Waals surface area contributed by atoms with Crippen LogP contribution in [-0.2, 0) is 14.6 Å². The average Bonchev–Trinajstić information content (AvgIpc) is 2.94. The second-order valence-electron chi connectivity index (χ2n) is 4.80. The van der Waals surface area contributed by atoms with Gasteiger partial charge >= 0.3 is 0 Å². The minimum absolute atomic E-state index is 0.0663. The van der Waals surface area contributed by atoms with Gasteiger partial charge in [0.15, 0.2) is 15.7 Å². The minimum Gasteiger partial charge on any atom is -0.309 e. The highest BCUT2D eigenvalue weighted by Gasteiger charge is 2.28. The Morgan fingerprint density at radius 2 is 2.00 bits per heavy atom. The number of nitrogens with zero attached hydrogens (tertiary/aromatic N) is 2. The quantitative estimate of drug-likeness (QED) is 0.894. The van der Waals surface area contributed by atoms with Crippen LogP contribution in [0.2, 0.25) is 5.15 Å². The third-order valence-corrected chi connectivity index (χ3v) is 5.77. The zero-order chi connectivity index (χ0) is 14.6. The largest absolute Gasteiger partial charge is 0.309 e. The zero-order valence-corrected chi connectivity index (χ0v) is 12.5. The second kappa shape index (κ2) is 6.49. The molecule has 1 heterocycles. The number of aromatic nitrogens is 2. The fourth-order valence-electron chi connectivity index (χ4n) is 2.23. The lowest BCUT2D eigenvalue weighted by Gasteiger charge is -2.10. The summed E-state index contributed by atoms with van der Waals surface area (Å²) in [6, 6.07) is 0. The first-order valence-electron chi connectivity index (χ1n) is 6.46. The molecule has 20 heavy (non-hydrogen) atoms. The number of rotatable bonds is 5. The molecule has 1 aromatic heterocycles. The third-order valence-electron chi connectivity index (χ3n) is 3.31. The first-order chi connectivity index (χ1) is 9.47. The Hall–Kier alpha value is -1.21. The molecular weight excluding hydrogens is 302 g/mol. The first-order valence-corrected chi connectivity index (χ1v) is 8.56. The van der Waals surface area contributed by atoms with E-state index in [9.17, 15) is 13.2 Å². The molecule has 0 aliphatic heterocycles. The van der Waals surface area contributed by atoms with Crippen molar-refractivity contribution < 1.29 is 13.2 Å². The Kier molecular flexibility index (Phi) is 4.93. The lowest BCUT2D eigenvalue weighted by molar-refractivity contribution is -0.115. The van der Waals surface area contributed by atoms with Gasteiger partial charge in [-0.2, -0.15) is 0 Å². The lowest BCUT2D eigenvalue weighted by Crippen LogP contribution is -2.24. The number of carbonyl (C=O) groups excluding carboxylic acids is 1. The molecule has 1 amide bonds. The van der Waals surface area contributed by atoms with Crippen molar-refractivity contribution in [2.75, 3.05) is 11.1 Å². The molecule has 8 heteroatoms. The van der Waals surface area contributed by atoms with Gasteiger partial charge in [-0.05, 0) is 12.8 Å². The number of carbonyl (C=O) groups is 1. The van der Waals surface area contributed by atoms with Crippen molar-refractivity contribution in [2.24, 2.45) is 0 Å². The third kappa shape index (κ3) is 4.14. The molecule has 1 aliphatic carbocycles. The molecule has 2 rings (SSSR count). The fourth-order valence-corrected chi connectivity index (χ4v) is 4.18. The summed E-state index contributed by atoms with van der Waals surface area (Å²) in [5.41, 5.74) is 0. The van der Waals surface area contributed by atoms with Crippen LogP contribution in [0, 0.1) is 0 Å². The lowest BCUT2D eigenvalue weighted by atomic mass is 10.4. The molecule has 0 spiro atoms. The number of hydrogen-bond acceptors (Lipinski definition) is 5. The fraction of sp³-hybridized carbons (Fsp3) is 0.583. The molecule has 1 aromatic rings. The van der Waals surface area contributed by atoms with Crippen molar-refractivity contribution in [3.05, 3.63) is 17.5 Å². The number of amides is 1. The van der Waals surface area contributed by atoms with E-state index in [4.69, 9.17) is 11.6 Å². The van der Waals surface area contributed by atoms with E-state index >= 15 is 0 Å². The molecule has 6 nitrogen and oxygen atoms in total. The molecular formula is C12H16ClN3O3S. The first kappa shape index (κ1) is 15.2. The van der Waals surface area contributed by atoms with Crippen molar-refractivity contribution in [3.8, 4) is 0 Å². The Balaban J connectivity index is 1.84. The van der Waals surface area contributed by atoms with E-state index in [0.717, 1.165) is 12.8 Å². The summed E-state index contributed by atoms with van der Waals surface area (Å²) >= 11 is 5.58. The van der Waals surface area contributed by atoms with Gasteiger partial charge in [0, 0.05) is 6.42 Å². The van der Waals surface area contributed by atoms with Gasteiger partial charge in [-0.1, -0.05) is 24.4 Å². The van der Waals surface area contributed by atoms with E-state index in [1.54, 1.807) is 0 Å². The summed E-state index contributed by atoms with van der Waals surface area (Å²) < 4.78 is 24.0. The predicted molar refractivity (Wildman–Crippen MR) is 76.3 cm³/mol. The van der Waals surface area contributed by atoms with Crippen molar-refractivity contribution in [2.45, 2.75) is 37.4 Å². The molecule has 0 bridgehead atoms. The van der Waals surface area contributed by atoms with E-state index in [0.29, 0.717) is 12.8 Å². The van der Waals surface area contributed by atoms with Crippen LogP contribution in [0.25, 0.3) is 0 Å². The van der Waals surface area contributed by atoms with Crippen molar-refractivity contribution >= 4 is 33.2 Å². The number of halogens is 1. The summed E-state index contributed by atoms with van der Waals surface area (Å²) in [4.78, 5) is 19.3. The van der Waals surface area contributed by atoms with Crippen LogP contribution in [0.3, 0.4) is 0 Å². The highest BCUT2D eigenvalue weighted by Crippen LogP contribution is 2.25. The van der Waals surface area contributed by atoms with Gasteiger partial charge in [0.2, 0.25) is 5.91 Å². The van der Waals surface area contributed by atoms with E-state index in [1.807, 2.05) is 0 Å². The van der Waals surface area contributed by atoms with E-state index in [1.165, 1.54) is 12.4 Å². The maximum atomic E-state index is 12.0. The Bertz CT molecular complexity index is 568. The van der Waals surface area contributed by atoms with Gasteiger partial charge in [-0.3, -0.25) is 4.79 Å². The highest BCUT2D eigenvalue weighted by molar-refractivity contribution is 7.92. The molecule has 0 aromatic carbocycles. The number of sulfone groups is 1. The van der Waals surface area contributed by atoms with E-state index in [2.05, 4.69) is 15.3 Å². The monoisotopic (exact) mass is 317 g/mol. The Morgan fingerprint density at radius 3 is 2.60 bits per heavy atom. The topological polar surface area (TPSA) is 89.0 Å². The SMILES string of the molecule is O=C(CCS(=O)(=O)C1CCCC1)Nc1cnc(Cl)cn1. The van der Waals surface area contributed by atoms with Crippen LogP contribution in [-0.4, -0.2) is 35.3 Å². The van der Waals surface area contributed by atoms with Gasteiger partial charge < -0.3 is 5.32 Å². The van der Waals surface area contributed by atoms with Crippen molar-refractivity contribution in [1.29, 1.82) is 0 Å². The molecule has 110 valence electrons. The van der Waals surface area contributed by atoms with Crippen LogP contribution in [0.5, 0.6) is 0 Å². The molecule has 0 saturated heterocycles. The predicted octanol–water partition coefficient (Wildman–Crippen LogP) is 1.82. The summed E-state index contributed by atoms with van der Waals surface area (Å²) in [7, 11) is -3.17. The standard InChI is InChI=1S/C12H16ClN3O3S/c13-10-7-15-11(8-14-10)16-12(17)5-6-20(18,19)9-3-1-2-4-9/h7-9H,1-6H2,(H,15,16,17). The molecule has 1 fully saturated rings. The average molecular weight is 318 g/mol. The van der Waals surface area contributed by atoms with Gasteiger partial charge in [0.05, 0.1) is 23.4 Å². The molecule has 0 radical (unpaired) electrons. The molecule has 1 N–H and O–H groups in total. The summed E-state index contributed by atoms with van der Waals surface area (Å²) in [5.74, 6) is -0.245. The zero-order valence-electron chi connectivity index (χ0n) is 10.9. The van der Waals surface area contributed by atoms with Crippen LogP contribution < -0.4 is 5.32 Å². The summed E-state index contributed by atoms with van der Waals surface area (Å²) in [5, 5.41) is 2.45. The van der Waals surface area contributed by atoms with Gasteiger partial charge in [-0.25, -0.2) is 18.4 Å². The number of hydrogen-bond donors (Lipinski definition) is 1. The Morgan fingerprint density at radius 1 is 1.30 bits per heavy atom. The normalized spacial score (nSPS) is 16.2. The molecule has 1 saturated carbocycles. The molecule has 1 aliphatic rings. The maximum absolute atomic E-state index is 12.0. The number of nitrogens with one attached hydrogen (secondary N) is 1. The summed E-state index contributed by atoms with van der Waals surface area (Å²) in [6.45, 7) is 0. The number of anilines is 1. The van der Waals surface area contributed by atoms with Gasteiger partial charge in [-0.15, -0.1) is 0 Å². The maximum Gasteiger partial charge on any atom is 0.226 e. The van der Waals surface area contributed by atoms with Crippen LogP contribution in [0.4, 0.5) is 5.82 Å². The molecule has 0 unspecified atom stereocenters. The minimum atomic E-state index is -3.17. The van der Waals surface area contributed by atoms with E-state index < -0.39 is 9.84 Å². The van der Waals surface area contributed by atoms with Crippen LogP contribution in [0.15, 0.2) is 12.4 Å². The highest BCUT2D eigenvalue weighted by atomic mass is 35.5. The van der Waals surface area contributed by atoms with Crippen LogP contribution >= 0.6 is 11.6 Å². The van der Waals surface area contributed by atoms with Crippen molar-refractivity contribution in [3.63, 3.8) is 0 Å². The smallest absolute Gasteiger partial charge is 0.226 e. The second-order valence-corrected chi connectivity index (χ2v) is 7.58. The Labute approximate surface area is 122 Å². The van der Waals surface area contributed by atoms with Gasteiger partial charge in [0.25, 0.3) is 0 Å². The van der Waals surface area contributed by atoms with Crippen molar-refractivity contribution in [1.82, 2.24) is 9.97 Å². The summed E-state index contributed by atoms with van der Waals surface area (Å²) in [6.07, 6.45) is 5.91. The van der Waals surface area contributed by atoms with E-state index in [-0.39, 0.29) is 34.3 Å². The van der Waals surface area contributed by atoms with Gasteiger partial charge in [0.1, 0.15) is 5.15 Å².